The molecule has 0 saturated heterocycles. The average Bonchev–Trinajstić information content (AvgIpc) is 2.61. The molecule has 0 aromatic heterocycles. The van der Waals surface area contributed by atoms with Crippen molar-refractivity contribution >= 4 is 11.9 Å². The van der Waals surface area contributed by atoms with Crippen LogP contribution >= 0.6 is 0 Å². The zero-order valence-electron chi connectivity index (χ0n) is 17.1. The summed E-state index contributed by atoms with van der Waals surface area (Å²) in [6.45, 7) is 6.22. The summed E-state index contributed by atoms with van der Waals surface area (Å²) in [6, 6.07) is 0. The van der Waals surface area contributed by atoms with E-state index in [1.54, 1.807) is 13.8 Å². The number of carbonyl (C=O) groups excluding carboxylic acids is 2. The molecule has 1 atom stereocenters. The zero-order valence-corrected chi connectivity index (χ0v) is 17.1. The lowest BCUT2D eigenvalue weighted by Gasteiger charge is -2.29. The number of ether oxygens (including phenoxy) is 2. The molecule has 0 aromatic carbocycles. The first-order valence-corrected chi connectivity index (χ1v) is 10.1. The van der Waals surface area contributed by atoms with Crippen LogP contribution in [0.2, 0.25) is 0 Å². The minimum absolute atomic E-state index is 0.0309. The van der Waals surface area contributed by atoms with Crippen LogP contribution in [-0.2, 0) is 19.1 Å². The third kappa shape index (κ3) is 8.98. The van der Waals surface area contributed by atoms with Crippen molar-refractivity contribution < 1.29 is 32.2 Å². The van der Waals surface area contributed by atoms with Crippen molar-refractivity contribution in [3.8, 4) is 0 Å². The number of hydrogen-bond donors (Lipinski definition) is 0. The molecule has 0 aromatic rings. The van der Waals surface area contributed by atoms with Crippen molar-refractivity contribution in [3.63, 3.8) is 0 Å². The molecule has 0 aliphatic rings. The molecule has 0 fully saturated rings. The highest BCUT2D eigenvalue weighted by Gasteiger charge is 2.49. The number of rotatable bonds is 14. The number of carbonyl (C=O) groups is 2. The van der Waals surface area contributed by atoms with Gasteiger partial charge in [0, 0.05) is 0 Å². The zero-order chi connectivity index (χ0) is 20.9. The molecule has 0 bridgehead atoms. The number of halogens is 3. The molecule has 0 spiro atoms. The van der Waals surface area contributed by atoms with E-state index in [1.807, 2.05) is 0 Å². The topological polar surface area (TPSA) is 52.6 Å². The fourth-order valence-corrected chi connectivity index (χ4v) is 2.79. The van der Waals surface area contributed by atoms with Crippen LogP contribution in [0, 0.1) is 5.41 Å². The third-order valence-electron chi connectivity index (χ3n) is 4.96. The first kappa shape index (κ1) is 25.7. The molecule has 160 valence electrons. The molecule has 0 saturated carbocycles. The first-order chi connectivity index (χ1) is 12.7. The maximum Gasteiger partial charge on any atom is 0.425 e. The van der Waals surface area contributed by atoms with Crippen LogP contribution in [0.5, 0.6) is 0 Å². The maximum atomic E-state index is 12.6. The molecule has 0 aliphatic carbocycles. The molecular formula is C20H35F3O4. The van der Waals surface area contributed by atoms with Crippen molar-refractivity contribution in [1.29, 1.82) is 0 Å². The predicted molar refractivity (Wildman–Crippen MR) is 98.2 cm³/mol. The summed E-state index contributed by atoms with van der Waals surface area (Å²) in [5, 5.41) is 0. The SMILES string of the molecule is CCCCCCCCCCOC(=O)C(CC)(CC)C(=O)OC(C)C(F)(F)F. The van der Waals surface area contributed by atoms with Crippen molar-refractivity contribution in [2.75, 3.05) is 6.61 Å². The molecule has 0 amide bonds. The minimum Gasteiger partial charge on any atom is -0.465 e. The number of esters is 2. The first-order valence-electron chi connectivity index (χ1n) is 10.1. The highest BCUT2D eigenvalue weighted by molar-refractivity contribution is 6.00. The van der Waals surface area contributed by atoms with Crippen LogP contribution in [-0.4, -0.2) is 30.8 Å². The summed E-state index contributed by atoms with van der Waals surface area (Å²) in [4.78, 5) is 24.7. The Morgan fingerprint density at radius 3 is 1.74 bits per heavy atom. The summed E-state index contributed by atoms with van der Waals surface area (Å²) < 4.78 is 47.6. The summed E-state index contributed by atoms with van der Waals surface area (Å²) in [5.74, 6) is -1.96. The third-order valence-corrected chi connectivity index (χ3v) is 4.96. The maximum absolute atomic E-state index is 12.6. The van der Waals surface area contributed by atoms with E-state index in [9.17, 15) is 22.8 Å². The van der Waals surface area contributed by atoms with Gasteiger partial charge in [0.15, 0.2) is 11.5 Å². The molecule has 0 aliphatic heterocycles. The second-order valence-electron chi connectivity index (χ2n) is 6.99. The molecule has 4 nitrogen and oxygen atoms in total. The van der Waals surface area contributed by atoms with Gasteiger partial charge in [-0.15, -0.1) is 0 Å². The summed E-state index contributed by atoms with van der Waals surface area (Å²) in [6.07, 6.45) is 1.82. The van der Waals surface area contributed by atoms with Gasteiger partial charge in [-0.05, 0) is 26.2 Å². The molecular weight excluding hydrogens is 361 g/mol. The van der Waals surface area contributed by atoms with Crippen molar-refractivity contribution in [3.05, 3.63) is 0 Å². The molecule has 0 radical (unpaired) electrons. The Kier molecular flexibility index (Phi) is 12.4. The van der Waals surface area contributed by atoms with Gasteiger partial charge in [0.2, 0.25) is 0 Å². The molecule has 27 heavy (non-hydrogen) atoms. The Labute approximate surface area is 161 Å². The Bertz CT molecular complexity index is 431. The van der Waals surface area contributed by atoms with Crippen LogP contribution in [0.4, 0.5) is 13.2 Å². The van der Waals surface area contributed by atoms with Gasteiger partial charge in [-0.1, -0.05) is 65.7 Å². The lowest BCUT2D eigenvalue weighted by Crippen LogP contribution is -2.44. The van der Waals surface area contributed by atoms with Gasteiger partial charge in [-0.25, -0.2) is 0 Å². The average molecular weight is 396 g/mol. The van der Waals surface area contributed by atoms with E-state index in [-0.39, 0.29) is 19.4 Å². The van der Waals surface area contributed by atoms with Crippen LogP contribution in [0.15, 0.2) is 0 Å². The van der Waals surface area contributed by atoms with Crippen LogP contribution in [0.1, 0.15) is 91.9 Å². The van der Waals surface area contributed by atoms with Crippen molar-refractivity contribution in [2.45, 2.75) is 104 Å². The Hall–Kier alpha value is -1.27. The van der Waals surface area contributed by atoms with Gasteiger partial charge < -0.3 is 9.47 Å². The lowest BCUT2D eigenvalue weighted by atomic mass is 9.82. The molecule has 0 N–H and O–H groups in total. The molecule has 7 heteroatoms. The van der Waals surface area contributed by atoms with Crippen LogP contribution < -0.4 is 0 Å². The number of hydrogen-bond acceptors (Lipinski definition) is 4. The van der Waals surface area contributed by atoms with E-state index in [0.29, 0.717) is 6.42 Å². The van der Waals surface area contributed by atoms with E-state index in [4.69, 9.17) is 4.74 Å². The Balaban J connectivity index is 4.43. The fourth-order valence-electron chi connectivity index (χ4n) is 2.79. The van der Waals surface area contributed by atoms with Gasteiger partial charge in [-0.2, -0.15) is 13.2 Å². The summed E-state index contributed by atoms with van der Waals surface area (Å²) >= 11 is 0. The van der Waals surface area contributed by atoms with Gasteiger partial charge >= 0.3 is 18.1 Å². The Morgan fingerprint density at radius 2 is 1.30 bits per heavy atom. The molecule has 0 rings (SSSR count). The smallest absolute Gasteiger partial charge is 0.425 e. The number of unbranched alkanes of at least 4 members (excludes halogenated alkanes) is 7. The largest absolute Gasteiger partial charge is 0.465 e. The van der Waals surface area contributed by atoms with Gasteiger partial charge in [0.1, 0.15) is 0 Å². The predicted octanol–water partition coefficient (Wildman–Crippen LogP) is 5.97. The summed E-state index contributed by atoms with van der Waals surface area (Å²) in [5.41, 5.74) is -1.68. The normalized spacial score (nSPS) is 13.3. The van der Waals surface area contributed by atoms with Crippen molar-refractivity contribution in [2.24, 2.45) is 5.41 Å². The highest BCUT2D eigenvalue weighted by atomic mass is 19.4. The van der Waals surface area contributed by atoms with Gasteiger partial charge in [0.25, 0.3) is 0 Å². The van der Waals surface area contributed by atoms with E-state index < -0.39 is 29.6 Å². The molecule has 1 unspecified atom stereocenters. The van der Waals surface area contributed by atoms with Crippen LogP contribution in [0.3, 0.4) is 0 Å². The van der Waals surface area contributed by atoms with E-state index in [0.717, 1.165) is 26.2 Å². The minimum atomic E-state index is -4.66. The highest BCUT2D eigenvalue weighted by Crippen LogP contribution is 2.33. The standard InChI is InChI=1S/C20H35F3O4/c1-5-8-9-10-11-12-13-14-15-26-17(24)19(6-2,7-3)18(25)27-16(4)20(21,22)23/h16H,5-15H2,1-4H3. The number of alkyl halides is 3. The monoisotopic (exact) mass is 396 g/mol. The molecule has 0 heterocycles. The second kappa shape index (κ2) is 13.0. The van der Waals surface area contributed by atoms with E-state index in [2.05, 4.69) is 11.7 Å². The summed E-state index contributed by atoms with van der Waals surface area (Å²) in [7, 11) is 0. The lowest BCUT2D eigenvalue weighted by molar-refractivity contribution is -0.223. The van der Waals surface area contributed by atoms with E-state index in [1.165, 1.54) is 25.7 Å². The van der Waals surface area contributed by atoms with E-state index >= 15 is 0 Å². The van der Waals surface area contributed by atoms with Crippen LogP contribution in [0.25, 0.3) is 0 Å². The quantitative estimate of drug-likeness (QED) is 0.206. The van der Waals surface area contributed by atoms with Gasteiger partial charge in [0.05, 0.1) is 6.61 Å². The fraction of sp³-hybridized carbons (Fsp3) is 0.900. The van der Waals surface area contributed by atoms with Gasteiger partial charge in [-0.3, -0.25) is 9.59 Å². The Morgan fingerprint density at radius 1 is 0.815 bits per heavy atom. The van der Waals surface area contributed by atoms with Crippen molar-refractivity contribution in [1.82, 2.24) is 0 Å². The second-order valence-corrected chi connectivity index (χ2v) is 6.99.